The molecule has 1 aromatic rings. The average molecular weight is 218 g/mol. The lowest BCUT2D eigenvalue weighted by Crippen LogP contribution is -2.39. The maximum Gasteiger partial charge on any atom is 0.0208 e. The summed E-state index contributed by atoms with van der Waals surface area (Å²) < 4.78 is 0. The number of piperidine rings is 1. The highest BCUT2D eigenvalue weighted by molar-refractivity contribution is 5.29. The maximum atomic E-state index is 3.64. The second kappa shape index (κ2) is 5.46. The predicted molar refractivity (Wildman–Crippen MR) is 68.6 cm³/mol. The molecule has 1 aliphatic heterocycles. The van der Waals surface area contributed by atoms with Gasteiger partial charge in [-0.25, -0.2) is 0 Å². The Balaban J connectivity index is 1.86. The fourth-order valence-electron chi connectivity index (χ4n) is 2.20. The first-order valence-corrected chi connectivity index (χ1v) is 6.26. The molecule has 1 aliphatic rings. The Hall–Kier alpha value is -0.860. The van der Waals surface area contributed by atoms with Crippen molar-refractivity contribution in [3.63, 3.8) is 0 Å². The first kappa shape index (κ1) is 11.6. The SMILES string of the molecule is Cc1ccc(CNC2CCNCC2)cc1C. The van der Waals surface area contributed by atoms with E-state index in [9.17, 15) is 0 Å². The van der Waals surface area contributed by atoms with Gasteiger partial charge in [-0.05, 0) is 56.5 Å². The minimum absolute atomic E-state index is 0.697. The van der Waals surface area contributed by atoms with E-state index in [1.807, 2.05) is 0 Å². The Kier molecular flexibility index (Phi) is 3.97. The summed E-state index contributed by atoms with van der Waals surface area (Å²) in [5.74, 6) is 0. The first-order chi connectivity index (χ1) is 7.75. The van der Waals surface area contributed by atoms with Crippen molar-refractivity contribution in [1.29, 1.82) is 0 Å². The standard InChI is InChI=1S/C14H22N2/c1-11-3-4-13(9-12(11)2)10-16-14-5-7-15-8-6-14/h3-4,9,14-16H,5-8,10H2,1-2H3. The number of hydrogen-bond donors (Lipinski definition) is 2. The van der Waals surface area contributed by atoms with Gasteiger partial charge >= 0.3 is 0 Å². The van der Waals surface area contributed by atoms with Crippen molar-refractivity contribution in [2.24, 2.45) is 0 Å². The largest absolute Gasteiger partial charge is 0.317 e. The molecule has 1 aromatic carbocycles. The van der Waals surface area contributed by atoms with Gasteiger partial charge in [0.25, 0.3) is 0 Å². The summed E-state index contributed by atoms with van der Waals surface area (Å²) in [6.45, 7) is 7.67. The molecule has 0 saturated carbocycles. The Morgan fingerprint density at radius 3 is 2.62 bits per heavy atom. The highest BCUT2D eigenvalue weighted by Gasteiger charge is 2.11. The molecule has 0 aromatic heterocycles. The lowest BCUT2D eigenvalue weighted by atomic mass is 10.0. The van der Waals surface area contributed by atoms with Crippen LogP contribution in [0.2, 0.25) is 0 Å². The molecule has 2 N–H and O–H groups in total. The molecule has 0 unspecified atom stereocenters. The van der Waals surface area contributed by atoms with E-state index < -0.39 is 0 Å². The van der Waals surface area contributed by atoms with E-state index >= 15 is 0 Å². The van der Waals surface area contributed by atoms with Gasteiger partial charge in [0.1, 0.15) is 0 Å². The van der Waals surface area contributed by atoms with Crippen molar-refractivity contribution >= 4 is 0 Å². The molecule has 1 heterocycles. The van der Waals surface area contributed by atoms with E-state index in [2.05, 4.69) is 42.7 Å². The van der Waals surface area contributed by atoms with Gasteiger partial charge in [0.05, 0.1) is 0 Å². The minimum atomic E-state index is 0.697. The van der Waals surface area contributed by atoms with Crippen LogP contribution in [0.5, 0.6) is 0 Å². The van der Waals surface area contributed by atoms with Crippen LogP contribution < -0.4 is 10.6 Å². The van der Waals surface area contributed by atoms with Crippen molar-refractivity contribution in [3.8, 4) is 0 Å². The van der Waals surface area contributed by atoms with Gasteiger partial charge < -0.3 is 10.6 Å². The van der Waals surface area contributed by atoms with Crippen molar-refractivity contribution in [1.82, 2.24) is 10.6 Å². The molecular weight excluding hydrogens is 196 g/mol. The van der Waals surface area contributed by atoms with Crippen LogP contribution in [-0.4, -0.2) is 19.1 Å². The van der Waals surface area contributed by atoms with Gasteiger partial charge in [0, 0.05) is 12.6 Å². The average Bonchev–Trinajstić information content (AvgIpc) is 2.32. The molecule has 1 fully saturated rings. The zero-order chi connectivity index (χ0) is 11.4. The molecule has 0 atom stereocenters. The van der Waals surface area contributed by atoms with Crippen LogP contribution in [0, 0.1) is 13.8 Å². The number of aryl methyl sites for hydroxylation is 2. The monoisotopic (exact) mass is 218 g/mol. The van der Waals surface area contributed by atoms with E-state index in [1.54, 1.807) is 0 Å². The van der Waals surface area contributed by atoms with Crippen LogP contribution in [-0.2, 0) is 6.54 Å². The molecule has 0 bridgehead atoms. The molecule has 0 spiro atoms. The van der Waals surface area contributed by atoms with Crippen molar-refractivity contribution < 1.29 is 0 Å². The Morgan fingerprint density at radius 1 is 1.19 bits per heavy atom. The number of hydrogen-bond acceptors (Lipinski definition) is 2. The third-order valence-corrected chi connectivity index (χ3v) is 3.51. The molecule has 16 heavy (non-hydrogen) atoms. The molecular formula is C14H22N2. The molecule has 0 aliphatic carbocycles. The van der Waals surface area contributed by atoms with Crippen LogP contribution in [0.4, 0.5) is 0 Å². The van der Waals surface area contributed by atoms with Crippen LogP contribution >= 0.6 is 0 Å². The molecule has 0 amide bonds. The molecule has 88 valence electrons. The Bertz CT molecular complexity index is 341. The summed E-state index contributed by atoms with van der Waals surface area (Å²) in [5.41, 5.74) is 4.18. The Morgan fingerprint density at radius 2 is 1.94 bits per heavy atom. The van der Waals surface area contributed by atoms with Crippen LogP contribution in [0.3, 0.4) is 0 Å². The van der Waals surface area contributed by atoms with E-state index in [-0.39, 0.29) is 0 Å². The second-order valence-electron chi connectivity index (χ2n) is 4.82. The van der Waals surface area contributed by atoms with E-state index in [0.717, 1.165) is 19.6 Å². The number of rotatable bonds is 3. The summed E-state index contributed by atoms with van der Waals surface area (Å²) >= 11 is 0. The lowest BCUT2D eigenvalue weighted by Gasteiger charge is -2.23. The third-order valence-electron chi connectivity index (χ3n) is 3.51. The zero-order valence-corrected chi connectivity index (χ0v) is 10.3. The number of benzene rings is 1. The van der Waals surface area contributed by atoms with Gasteiger partial charge in [0.2, 0.25) is 0 Å². The molecule has 0 radical (unpaired) electrons. The first-order valence-electron chi connectivity index (χ1n) is 6.26. The van der Waals surface area contributed by atoms with Crippen LogP contribution in [0.15, 0.2) is 18.2 Å². The highest BCUT2D eigenvalue weighted by Crippen LogP contribution is 2.10. The highest BCUT2D eigenvalue weighted by atomic mass is 15.0. The van der Waals surface area contributed by atoms with Crippen LogP contribution in [0.1, 0.15) is 29.5 Å². The molecule has 2 heteroatoms. The normalized spacial score (nSPS) is 17.6. The fourth-order valence-corrected chi connectivity index (χ4v) is 2.20. The quantitative estimate of drug-likeness (QED) is 0.812. The molecule has 2 nitrogen and oxygen atoms in total. The van der Waals surface area contributed by atoms with E-state index in [0.29, 0.717) is 6.04 Å². The fraction of sp³-hybridized carbons (Fsp3) is 0.571. The summed E-state index contributed by atoms with van der Waals surface area (Å²) in [5, 5.41) is 7.03. The smallest absolute Gasteiger partial charge is 0.0208 e. The summed E-state index contributed by atoms with van der Waals surface area (Å²) in [7, 11) is 0. The summed E-state index contributed by atoms with van der Waals surface area (Å²) in [4.78, 5) is 0. The van der Waals surface area contributed by atoms with Gasteiger partial charge in [-0.2, -0.15) is 0 Å². The van der Waals surface area contributed by atoms with Gasteiger partial charge in [-0.1, -0.05) is 18.2 Å². The molecule has 1 saturated heterocycles. The molecule has 2 rings (SSSR count). The zero-order valence-electron chi connectivity index (χ0n) is 10.3. The van der Waals surface area contributed by atoms with Crippen molar-refractivity contribution in [2.75, 3.05) is 13.1 Å². The number of nitrogens with one attached hydrogen (secondary N) is 2. The summed E-state index contributed by atoms with van der Waals surface area (Å²) in [6, 6.07) is 7.44. The van der Waals surface area contributed by atoms with Crippen LogP contribution in [0.25, 0.3) is 0 Å². The maximum absolute atomic E-state index is 3.64. The van der Waals surface area contributed by atoms with Gasteiger partial charge in [-0.15, -0.1) is 0 Å². The lowest BCUT2D eigenvalue weighted by molar-refractivity contribution is 0.386. The summed E-state index contributed by atoms with van der Waals surface area (Å²) in [6.07, 6.45) is 2.51. The van der Waals surface area contributed by atoms with Gasteiger partial charge in [-0.3, -0.25) is 0 Å². The van der Waals surface area contributed by atoms with E-state index in [4.69, 9.17) is 0 Å². The second-order valence-corrected chi connectivity index (χ2v) is 4.82. The van der Waals surface area contributed by atoms with E-state index in [1.165, 1.54) is 29.5 Å². The topological polar surface area (TPSA) is 24.1 Å². The predicted octanol–water partition coefficient (Wildman–Crippen LogP) is 2.15. The van der Waals surface area contributed by atoms with Crippen molar-refractivity contribution in [3.05, 3.63) is 34.9 Å². The third kappa shape index (κ3) is 3.06. The van der Waals surface area contributed by atoms with Crippen molar-refractivity contribution in [2.45, 2.75) is 39.3 Å². The Labute approximate surface area is 98.4 Å². The minimum Gasteiger partial charge on any atom is -0.317 e. The van der Waals surface area contributed by atoms with Gasteiger partial charge in [0.15, 0.2) is 0 Å².